The van der Waals surface area contributed by atoms with Gasteiger partial charge in [0.2, 0.25) is 0 Å². The van der Waals surface area contributed by atoms with Crippen molar-refractivity contribution in [1.82, 2.24) is 0 Å². The number of nitrogens with one attached hydrogen (secondary N) is 1. The van der Waals surface area contributed by atoms with E-state index >= 15 is 0 Å². The number of carboxylic acids is 1. The van der Waals surface area contributed by atoms with Gasteiger partial charge in [0.15, 0.2) is 11.5 Å². The van der Waals surface area contributed by atoms with Crippen molar-refractivity contribution in [3.63, 3.8) is 0 Å². The summed E-state index contributed by atoms with van der Waals surface area (Å²) in [7, 11) is 1.40. The third-order valence-corrected chi connectivity index (χ3v) is 5.55. The second-order valence-electron chi connectivity index (χ2n) is 7.53. The number of carbonyl (C=O) groups excluding carboxylic acids is 1. The molecule has 0 radical (unpaired) electrons. The Kier molecular flexibility index (Phi) is 8.57. The van der Waals surface area contributed by atoms with Crippen LogP contribution in [-0.4, -0.2) is 24.1 Å². The van der Waals surface area contributed by atoms with Crippen LogP contribution in [0.5, 0.6) is 11.5 Å². The average molecular weight is 575 g/mol. The highest BCUT2D eigenvalue weighted by Gasteiger charge is 2.30. The highest BCUT2D eigenvalue weighted by Crippen LogP contribution is 2.38. The maximum atomic E-state index is 12.9. The summed E-state index contributed by atoms with van der Waals surface area (Å²) >= 11 is 3.37. The number of hydrogen-bond acceptors (Lipinski definition) is 5. The van der Waals surface area contributed by atoms with Gasteiger partial charge in [-0.1, -0.05) is 18.2 Å². The molecule has 7 nitrogen and oxygen atoms in total. The fourth-order valence-electron chi connectivity index (χ4n) is 3.15. The van der Waals surface area contributed by atoms with E-state index in [9.17, 15) is 28.0 Å². The molecule has 0 aromatic heterocycles. The van der Waals surface area contributed by atoms with Crippen LogP contribution < -0.4 is 14.8 Å². The van der Waals surface area contributed by atoms with Gasteiger partial charge in [0.05, 0.1) is 22.7 Å². The number of alkyl halides is 3. The number of halogens is 4. The number of anilines is 1. The third-order valence-electron chi connectivity index (χ3n) is 4.96. The minimum Gasteiger partial charge on any atom is -0.493 e. The summed E-state index contributed by atoms with van der Waals surface area (Å²) < 4.78 is 50.4. The Bertz CT molecular complexity index is 1400. The number of methoxy groups -OCH3 is 1. The molecule has 0 aliphatic rings. The third kappa shape index (κ3) is 7.11. The molecule has 2 N–H and O–H groups in total. The minimum absolute atomic E-state index is 0.104. The van der Waals surface area contributed by atoms with Crippen LogP contribution in [0.4, 0.5) is 18.9 Å². The van der Waals surface area contributed by atoms with E-state index in [2.05, 4.69) is 21.2 Å². The number of hydrogen-bond donors (Lipinski definition) is 2. The van der Waals surface area contributed by atoms with Crippen molar-refractivity contribution >= 4 is 39.6 Å². The van der Waals surface area contributed by atoms with Crippen LogP contribution in [0.15, 0.2) is 70.7 Å². The molecule has 11 heteroatoms. The molecule has 0 atom stereocenters. The predicted octanol–water partition coefficient (Wildman–Crippen LogP) is 6.30. The minimum atomic E-state index is -4.58. The van der Waals surface area contributed by atoms with Gasteiger partial charge in [-0.15, -0.1) is 0 Å². The maximum Gasteiger partial charge on any atom is 0.416 e. The standard InChI is InChI=1S/C26H18BrF3N2O5/c1-36-22-11-16(10-21(27)23(22)37-14-15-5-7-17(8-6-15)25(34)35)9-18(13-31)24(33)32-20-4-2-3-19(12-20)26(28,29)30/h2-12H,14H2,1H3,(H,32,33)(H,34,35)/b18-9+. The summed E-state index contributed by atoms with van der Waals surface area (Å²) in [4.78, 5) is 23.5. The van der Waals surface area contributed by atoms with Crippen LogP contribution in [0.2, 0.25) is 0 Å². The number of ether oxygens (including phenoxy) is 2. The van der Waals surface area contributed by atoms with Crippen molar-refractivity contribution in [2.45, 2.75) is 12.8 Å². The molecule has 0 spiro atoms. The molecule has 0 heterocycles. The molecule has 37 heavy (non-hydrogen) atoms. The Morgan fingerprint density at radius 1 is 1.14 bits per heavy atom. The Hall–Kier alpha value is -4.30. The predicted molar refractivity (Wildman–Crippen MR) is 132 cm³/mol. The lowest BCUT2D eigenvalue weighted by Crippen LogP contribution is -2.14. The van der Waals surface area contributed by atoms with Crippen molar-refractivity contribution in [3.05, 3.63) is 93.0 Å². The van der Waals surface area contributed by atoms with Gasteiger partial charge in [-0.25, -0.2) is 4.79 Å². The zero-order valence-electron chi connectivity index (χ0n) is 19.1. The highest BCUT2D eigenvalue weighted by molar-refractivity contribution is 9.10. The molecule has 0 saturated carbocycles. The van der Waals surface area contributed by atoms with Gasteiger partial charge < -0.3 is 19.9 Å². The lowest BCUT2D eigenvalue weighted by Gasteiger charge is -2.14. The molecule has 0 bridgehead atoms. The van der Waals surface area contributed by atoms with Crippen molar-refractivity contribution < 1.29 is 37.3 Å². The monoisotopic (exact) mass is 574 g/mol. The Morgan fingerprint density at radius 3 is 2.43 bits per heavy atom. The first kappa shape index (κ1) is 27.3. The number of aromatic carboxylic acids is 1. The van der Waals surface area contributed by atoms with E-state index in [1.807, 2.05) is 0 Å². The van der Waals surface area contributed by atoms with E-state index in [4.69, 9.17) is 14.6 Å². The van der Waals surface area contributed by atoms with Gasteiger partial charge in [0, 0.05) is 5.69 Å². The largest absolute Gasteiger partial charge is 0.493 e. The van der Waals surface area contributed by atoms with Gasteiger partial charge in [-0.05, 0) is 75.6 Å². The summed E-state index contributed by atoms with van der Waals surface area (Å²) in [5, 5.41) is 20.8. The number of rotatable bonds is 8. The highest BCUT2D eigenvalue weighted by atomic mass is 79.9. The average Bonchev–Trinajstić information content (AvgIpc) is 2.86. The molecule has 0 fully saturated rings. The second kappa shape index (κ2) is 11.6. The summed E-state index contributed by atoms with van der Waals surface area (Å²) in [6, 6.07) is 15.0. The van der Waals surface area contributed by atoms with Crippen LogP contribution in [0, 0.1) is 11.3 Å². The zero-order valence-corrected chi connectivity index (χ0v) is 20.7. The second-order valence-corrected chi connectivity index (χ2v) is 8.38. The van der Waals surface area contributed by atoms with Crippen molar-refractivity contribution in [3.8, 4) is 17.6 Å². The maximum absolute atomic E-state index is 12.9. The van der Waals surface area contributed by atoms with Gasteiger partial charge in [-0.3, -0.25) is 4.79 Å². The van der Waals surface area contributed by atoms with Crippen LogP contribution >= 0.6 is 15.9 Å². The summed E-state index contributed by atoms with van der Waals surface area (Å²) in [6.45, 7) is 0.104. The normalized spacial score (nSPS) is 11.4. The van der Waals surface area contributed by atoms with Gasteiger partial charge in [0.1, 0.15) is 18.2 Å². The molecule has 3 rings (SSSR count). The quantitative estimate of drug-likeness (QED) is 0.241. The molecular formula is C26H18BrF3N2O5. The lowest BCUT2D eigenvalue weighted by molar-refractivity contribution is -0.137. The number of benzene rings is 3. The van der Waals surface area contributed by atoms with Crippen molar-refractivity contribution in [1.29, 1.82) is 5.26 Å². The number of amides is 1. The first-order chi connectivity index (χ1) is 17.5. The van der Waals surface area contributed by atoms with E-state index < -0.39 is 23.6 Å². The Morgan fingerprint density at radius 2 is 1.84 bits per heavy atom. The molecule has 0 saturated heterocycles. The Balaban J connectivity index is 1.79. The molecule has 3 aromatic rings. The summed E-state index contributed by atoms with van der Waals surface area (Å²) in [6.07, 6.45) is -3.33. The number of carbonyl (C=O) groups is 2. The molecule has 3 aromatic carbocycles. The van der Waals surface area contributed by atoms with E-state index in [1.54, 1.807) is 24.3 Å². The number of carboxylic acid groups (broad SMARTS) is 1. The fourth-order valence-corrected chi connectivity index (χ4v) is 3.72. The first-order valence-electron chi connectivity index (χ1n) is 10.4. The molecule has 0 unspecified atom stereocenters. The lowest BCUT2D eigenvalue weighted by atomic mass is 10.1. The van der Waals surface area contributed by atoms with Crippen LogP contribution in [0.1, 0.15) is 27.0 Å². The molecule has 0 aliphatic heterocycles. The van der Waals surface area contributed by atoms with Gasteiger partial charge >= 0.3 is 12.1 Å². The molecule has 190 valence electrons. The topological polar surface area (TPSA) is 109 Å². The number of nitrogens with zero attached hydrogens (tertiary/aromatic N) is 1. The summed E-state index contributed by atoms with van der Waals surface area (Å²) in [5.74, 6) is -1.32. The molecular weight excluding hydrogens is 557 g/mol. The van der Waals surface area contributed by atoms with E-state index in [1.165, 1.54) is 37.5 Å². The van der Waals surface area contributed by atoms with Crippen LogP contribution in [0.3, 0.4) is 0 Å². The summed E-state index contributed by atoms with van der Waals surface area (Å²) in [5.41, 5.74) is -0.157. The van der Waals surface area contributed by atoms with Gasteiger partial charge in [0.25, 0.3) is 5.91 Å². The first-order valence-corrected chi connectivity index (χ1v) is 11.2. The smallest absolute Gasteiger partial charge is 0.416 e. The van der Waals surface area contributed by atoms with Crippen LogP contribution in [0.25, 0.3) is 6.08 Å². The van der Waals surface area contributed by atoms with E-state index in [0.29, 0.717) is 21.3 Å². The van der Waals surface area contributed by atoms with Crippen molar-refractivity contribution in [2.24, 2.45) is 0 Å². The van der Waals surface area contributed by atoms with E-state index in [-0.39, 0.29) is 29.2 Å². The zero-order chi connectivity index (χ0) is 27.2. The van der Waals surface area contributed by atoms with Gasteiger partial charge in [-0.2, -0.15) is 18.4 Å². The SMILES string of the molecule is COc1cc(/C=C(\C#N)C(=O)Nc2cccc(C(F)(F)F)c2)cc(Br)c1OCc1ccc(C(=O)O)cc1. The van der Waals surface area contributed by atoms with Crippen LogP contribution in [-0.2, 0) is 17.6 Å². The fraction of sp³-hybridized carbons (Fsp3) is 0.115. The van der Waals surface area contributed by atoms with E-state index in [0.717, 1.165) is 18.2 Å². The molecule has 1 amide bonds. The molecule has 0 aliphatic carbocycles. The Labute approximate surface area is 217 Å². The van der Waals surface area contributed by atoms with Crippen molar-refractivity contribution in [2.75, 3.05) is 12.4 Å². The number of nitriles is 1.